The number of hydrogen-bond donors (Lipinski definition) is 2. The number of carbonyl (C=O) groups excluding carboxylic acids is 1. The lowest BCUT2D eigenvalue weighted by molar-refractivity contribution is -0.122. The molecule has 0 aromatic heterocycles. The fourth-order valence-corrected chi connectivity index (χ4v) is 3.39. The van der Waals surface area contributed by atoms with Gasteiger partial charge in [-0.15, -0.1) is 0 Å². The zero-order chi connectivity index (χ0) is 16.3. The minimum Gasteiger partial charge on any atom is -0.353 e. The van der Waals surface area contributed by atoms with E-state index in [0.717, 1.165) is 0 Å². The largest absolute Gasteiger partial charge is 0.353 e. The van der Waals surface area contributed by atoms with Gasteiger partial charge in [-0.3, -0.25) is 4.79 Å². The van der Waals surface area contributed by atoms with Crippen molar-refractivity contribution in [3.63, 3.8) is 0 Å². The standard InChI is InChI=1S/C14H29N3O3S/c1-5-21(19,20)17-8-6-11(7-9-17)16-13(18)10-12(15)14(2,3)4/h11-12H,5-10,15H2,1-4H3,(H,16,18). The van der Waals surface area contributed by atoms with Crippen molar-refractivity contribution in [3.05, 3.63) is 0 Å². The first-order valence-corrected chi connectivity index (χ1v) is 9.20. The fraction of sp³-hybridized carbons (Fsp3) is 0.929. The van der Waals surface area contributed by atoms with E-state index in [-0.39, 0.29) is 29.2 Å². The Balaban J connectivity index is 2.41. The molecular formula is C14H29N3O3S. The SMILES string of the molecule is CCS(=O)(=O)N1CCC(NC(=O)CC(N)C(C)(C)C)CC1. The van der Waals surface area contributed by atoms with Crippen LogP contribution in [-0.2, 0) is 14.8 Å². The van der Waals surface area contributed by atoms with Crippen molar-refractivity contribution in [1.29, 1.82) is 0 Å². The Kier molecular flexibility index (Phi) is 6.19. The van der Waals surface area contributed by atoms with E-state index >= 15 is 0 Å². The highest BCUT2D eigenvalue weighted by atomic mass is 32.2. The molecule has 1 aliphatic rings. The third kappa shape index (κ3) is 5.56. The molecule has 1 fully saturated rings. The Morgan fingerprint density at radius 1 is 1.33 bits per heavy atom. The Hall–Kier alpha value is -0.660. The molecule has 21 heavy (non-hydrogen) atoms. The van der Waals surface area contributed by atoms with E-state index in [4.69, 9.17) is 5.73 Å². The lowest BCUT2D eigenvalue weighted by atomic mass is 9.85. The predicted octanol–water partition coefficient (Wildman–Crippen LogP) is 0.680. The molecule has 0 bridgehead atoms. The van der Waals surface area contributed by atoms with E-state index in [1.807, 2.05) is 20.8 Å². The van der Waals surface area contributed by atoms with E-state index in [9.17, 15) is 13.2 Å². The van der Waals surface area contributed by atoms with Crippen LogP contribution in [0.2, 0.25) is 0 Å². The molecule has 0 aromatic rings. The van der Waals surface area contributed by atoms with Crippen LogP contribution in [0.1, 0.15) is 47.0 Å². The lowest BCUT2D eigenvalue weighted by Gasteiger charge is -2.32. The van der Waals surface area contributed by atoms with E-state index < -0.39 is 10.0 Å². The number of amides is 1. The van der Waals surface area contributed by atoms with E-state index in [1.165, 1.54) is 4.31 Å². The molecule has 1 saturated heterocycles. The van der Waals surface area contributed by atoms with Gasteiger partial charge in [-0.2, -0.15) is 0 Å². The highest BCUT2D eigenvalue weighted by molar-refractivity contribution is 7.89. The molecule has 1 rings (SSSR count). The number of sulfonamides is 1. The number of nitrogens with zero attached hydrogens (tertiary/aromatic N) is 1. The maximum Gasteiger partial charge on any atom is 0.221 e. The molecule has 0 aromatic carbocycles. The number of nitrogens with two attached hydrogens (primary N) is 1. The summed E-state index contributed by atoms with van der Waals surface area (Å²) in [6, 6.07) is -0.133. The normalized spacial score (nSPS) is 20.2. The van der Waals surface area contributed by atoms with Gasteiger partial charge in [0.05, 0.1) is 5.75 Å². The van der Waals surface area contributed by atoms with Crippen molar-refractivity contribution < 1.29 is 13.2 Å². The van der Waals surface area contributed by atoms with Gasteiger partial charge in [0, 0.05) is 31.6 Å². The van der Waals surface area contributed by atoms with Crippen LogP contribution in [-0.4, -0.2) is 49.6 Å². The van der Waals surface area contributed by atoms with Gasteiger partial charge in [-0.25, -0.2) is 12.7 Å². The fourth-order valence-electron chi connectivity index (χ4n) is 2.25. The second-order valence-corrected chi connectivity index (χ2v) is 9.08. The minimum absolute atomic E-state index is 0.0470. The number of rotatable bonds is 5. The predicted molar refractivity (Wildman–Crippen MR) is 84.2 cm³/mol. The van der Waals surface area contributed by atoms with E-state index in [1.54, 1.807) is 6.92 Å². The monoisotopic (exact) mass is 319 g/mol. The van der Waals surface area contributed by atoms with Crippen LogP contribution in [0.5, 0.6) is 0 Å². The first kappa shape index (κ1) is 18.4. The molecule has 6 nitrogen and oxygen atoms in total. The molecule has 0 spiro atoms. The van der Waals surface area contributed by atoms with Gasteiger partial charge in [-0.05, 0) is 25.2 Å². The second-order valence-electron chi connectivity index (χ2n) is 6.82. The summed E-state index contributed by atoms with van der Waals surface area (Å²) in [5.74, 6) is 0.0824. The van der Waals surface area contributed by atoms with Gasteiger partial charge in [0.2, 0.25) is 15.9 Å². The molecule has 1 amide bonds. The average molecular weight is 319 g/mol. The minimum atomic E-state index is -3.11. The van der Waals surface area contributed by atoms with Crippen LogP contribution in [0.25, 0.3) is 0 Å². The van der Waals surface area contributed by atoms with Crippen molar-refractivity contribution in [3.8, 4) is 0 Å². The van der Waals surface area contributed by atoms with Gasteiger partial charge in [0.25, 0.3) is 0 Å². The third-order valence-corrected chi connectivity index (χ3v) is 5.98. The summed E-state index contributed by atoms with van der Waals surface area (Å²) in [6.45, 7) is 8.65. The summed E-state index contributed by atoms with van der Waals surface area (Å²) in [6.07, 6.45) is 1.63. The van der Waals surface area contributed by atoms with E-state index in [0.29, 0.717) is 32.4 Å². The summed E-state index contributed by atoms with van der Waals surface area (Å²) in [5.41, 5.74) is 5.90. The maximum atomic E-state index is 12.0. The highest BCUT2D eigenvalue weighted by Crippen LogP contribution is 2.20. The summed E-state index contributed by atoms with van der Waals surface area (Å²) in [7, 11) is -3.11. The Labute approximate surface area is 128 Å². The molecular weight excluding hydrogens is 290 g/mol. The Morgan fingerprint density at radius 2 is 1.86 bits per heavy atom. The van der Waals surface area contributed by atoms with Gasteiger partial charge >= 0.3 is 0 Å². The molecule has 1 atom stereocenters. The zero-order valence-electron chi connectivity index (χ0n) is 13.6. The maximum absolute atomic E-state index is 12.0. The van der Waals surface area contributed by atoms with Crippen molar-refractivity contribution >= 4 is 15.9 Å². The van der Waals surface area contributed by atoms with Crippen LogP contribution in [0.4, 0.5) is 0 Å². The number of nitrogens with one attached hydrogen (secondary N) is 1. The average Bonchev–Trinajstić information content (AvgIpc) is 2.38. The van der Waals surface area contributed by atoms with Crippen LogP contribution in [0.3, 0.4) is 0 Å². The Morgan fingerprint density at radius 3 is 2.29 bits per heavy atom. The van der Waals surface area contributed by atoms with Crippen LogP contribution >= 0.6 is 0 Å². The molecule has 0 saturated carbocycles. The quantitative estimate of drug-likeness (QED) is 0.779. The summed E-state index contributed by atoms with van der Waals surface area (Å²) < 4.78 is 25.0. The first-order valence-electron chi connectivity index (χ1n) is 7.59. The topological polar surface area (TPSA) is 92.5 Å². The number of piperidine rings is 1. The molecule has 1 aliphatic heterocycles. The summed E-state index contributed by atoms with van der Waals surface area (Å²) in [4.78, 5) is 12.0. The van der Waals surface area contributed by atoms with Crippen molar-refractivity contribution in [2.24, 2.45) is 11.1 Å². The van der Waals surface area contributed by atoms with Gasteiger partial charge in [-0.1, -0.05) is 20.8 Å². The van der Waals surface area contributed by atoms with Crippen LogP contribution in [0, 0.1) is 5.41 Å². The molecule has 0 radical (unpaired) electrons. The number of hydrogen-bond acceptors (Lipinski definition) is 4. The summed E-state index contributed by atoms with van der Waals surface area (Å²) in [5, 5.41) is 2.97. The van der Waals surface area contributed by atoms with Crippen molar-refractivity contribution in [1.82, 2.24) is 9.62 Å². The van der Waals surface area contributed by atoms with E-state index in [2.05, 4.69) is 5.32 Å². The van der Waals surface area contributed by atoms with Crippen LogP contribution < -0.4 is 11.1 Å². The second kappa shape index (κ2) is 7.07. The van der Waals surface area contributed by atoms with Crippen LogP contribution in [0.15, 0.2) is 0 Å². The lowest BCUT2D eigenvalue weighted by Crippen LogP contribution is -2.48. The molecule has 0 aliphatic carbocycles. The Bertz CT molecular complexity index is 449. The third-order valence-electron chi connectivity index (χ3n) is 4.09. The molecule has 3 N–H and O–H groups in total. The smallest absolute Gasteiger partial charge is 0.221 e. The molecule has 7 heteroatoms. The molecule has 1 unspecified atom stereocenters. The molecule has 124 valence electrons. The van der Waals surface area contributed by atoms with Gasteiger partial charge in [0.1, 0.15) is 0 Å². The van der Waals surface area contributed by atoms with Gasteiger partial charge < -0.3 is 11.1 Å². The van der Waals surface area contributed by atoms with Crippen molar-refractivity contribution in [2.75, 3.05) is 18.8 Å². The highest BCUT2D eigenvalue weighted by Gasteiger charge is 2.28. The first-order chi connectivity index (χ1) is 9.56. The molecule has 1 heterocycles. The number of carbonyl (C=O) groups is 1. The zero-order valence-corrected chi connectivity index (χ0v) is 14.4. The summed E-state index contributed by atoms with van der Waals surface area (Å²) >= 11 is 0. The van der Waals surface area contributed by atoms with Gasteiger partial charge in [0.15, 0.2) is 0 Å². The van der Waals surface area contributed by atoms with Crippen molar-refractivity contribution in [2.45, 2.75) is 59.0 Å².